The molecular formula is C18H16ClN3O2. The van der Waals surface area contributed by atoms with Crippen molar-refractivity contribution in [3.8, 4) is 11.5 Å². The molecule has 1 unspecified atom stereocenters. The second-order valence-electron chi connectivity index (χ2n) is 5.48. The van der Waals surface area contributed by atoms with Crippen molar-refractivity contribution in [3.05, 3.63) is 52.7 Å². The van der Waals surface area contributed by atoms with Crippen molar-refractivity contribution in [2.24, 2.45) is 4.99 Å². The zero-order chi connectivity index (χ0) is 16.7. The molecule has 1 N–H and O–H groups in total. The lowest BCUT2D eigenvalue weighted by Gasteiger charge is -2.36. The third-order valence-electron chi connectivity index (χ3n) is 4.23. The summed E-state index contributed by atoms with van der Waals surface area (Å²) in [5.41, 5.74) is 4.02. The van der Waals surface area contributed by atoms with Gasteiger partial charge >= 0.3 is 0 Å². The molecular weight excluding hydrogens is 326 g/mol. The number of methoxy groups -OCH3 is 2. The van der Waals surface area contributed by atoms with Gasteiger partial charge in [-0.25, -0.2) is 4.99 Å². The minimum atomic E-state index is -0.165. The van der Waals surface area contributed by atoms with Gasteiger partial charge in [0.15, 0.2) is 17.7 Å². The SMILES string of the molecule is COc1cc2c3c(c1OC)C=CN(c1ccc(Cl)cc1)C3N=CN2. The van der Waals surface area contributed by atoms with Crippen LogP contribution in [0.5, 0.6) is 11.5 Å². The molecule has 2 heterocycles. The van der Waals surface area contributed by atoms with Crippen LogP contribution in [0.15, 0.2) is 41.5 Å². The molecule has 0 saturated carbocycles. The monoisotopic (exact) mass is 341 g/mol. The summed E-state index contributed by atoms with van der Waals surface area (Å²) in [4.78, 5) is 6.72. The van der Waals surface area contributed by atoms with Gasteiger partial charge < -0.3 is 19.7 Å². The van der Waals surface area contributed by atoms with E-state index in [9.17, 15) is 0 Å². The van der Waals surface area contributed by atoms with Crippen molar-refractivity contribution < 1.29 is 9.47 Å². The second kappa shape index (κ2) is 5.76. The van der Waals surface area contributed by atoms with Crippen molar-refractivity contribution in [2.75, 3.05) is 24.4 Å². The Hall–Kier alpha value is -2.66. The molecule has 4 rings (SSSR count). The van der Waals surface area contributed by atoms with Gasteiger partial charge in [-0.2, -0.15) is 0 Å². The van der Waals surface area contributed by atoms with Crippen LogP contribution < -0.4 is 19.7 Å². The van der Waals surface area contributed by atoms with Crippen LogP contribution in [-0.4, -0.2) is 20.6 Å². The van der Waals surface area contributed by atoms with Gasteiger partial charge in [-0.1, -0.05) is 11.6 Å². The topological polar surface area (TPSA) is 46.1 Å². The molecule has 0 spiro atoms. The smallest absolute Gasteiger partial charge is 0.168 e. The molecule has 6 heteroatoms. The van der Waals surface area contributed by atoms with Crippen LogP contribution in [0, 0.1) is 0 Å². The molecule has 2 aromatic carbocycles. The molecule has 2 aromatic rings. The maximum absolute atomic E-state index is 6.00. The van der Waals surface area contributed by atoms with Crippen molar-refractivity contribution in [1.82, 2.24) is 0 Å². The van der Waals surface area contributed by atoms with Crippen LogP contribution in [0.25, 0.3) is 6.08 Å². The van der Waals surface area contributed by atoms with E-state index in [0.29, 0.717) is 16.5 Å². The van der Waals surface area contributed by atoms with E-state index in [1.54, 1.807) is 20.6 Å². The van der Waals surface area contributed by atoms with Crippen LogP contribution in [0.4, 0.5) is 11.4 Å². The predicted octanol–water partition coefficient (Wildman–Crippen LogP) is 4.30. The van der Waals surface area contributed by atoms with Crippen LogP contribution in [-0.2, 0) is 0 Å². The molecule has 2 aliphatic rings. The van der Waals surface area contributed by atoms with Crippen molar-refractivity contribution in [2.45, 2.75) is 6.17 Å². The van der Waals surface area contributed by atoms with E-state index in [2.05, 4.69) is 15.2 Å². The molecule has 0 amide bonds. The van der Waals surface area contributed by atoms with E-state index in [-0.39, 0.29) is 6.17 Å². The van der Waals surface area contributed by atoms with Gasteiger partial charge in [0, 0.05) is 34.1 Å². The number of nitrogens with zero attached hydrogens (tertiary/aromatic N) is 2. The lowest BCUT2D eigenvalue weighted by Crippen LogP contribution is -2.29. The maximum Gasteiger partial charge on any atom is 0.168 e. The minimum absolute atomic E-state index is 0.165. The normalized spacial score (nSPS) is 17.3. The molecule has 122 valence electrons. The zero-order valence-electron chi connectivity index (χ0n) is 13.3. The molecule has 0 bridgehead atoms. The van der Waals surface area contributed by atoms with E-state index in [1.807, 2.05) is 42.6 Å². The predicted molar refractivity (Wildman–Crippen MR) is 97.4 cm³/mol. The maximum atomic E-state index is 6.00. The standard InChI is InChI=1S/C18H16ClN3O2/c1-23-15-9-14-16-13(17(15)24-2)7-8-22(18(16)21-10-20-14)12-5-3-11(19)4-6-12/h3-10,18H,1-2H3,(H,20,21). The van der Waals surface area contributed by atoms with Crippen LogP contribution in [0.2, 0.25) is 5.02 Å². The van der Waals surface area contributed by atoms with Gasteiger partial charge in [0.2, 0.25) is 0 Å². The highest BCUT2D eigenvalue weighted by Gasteiger charge is 2.32. The van der Waals surface area contributed by atoms with Gasteiger partial charge in [0.25, 0.3) is 0 Å². The highest BCUT2D eigenvalue weighted by molar-refractivity contribution is 6.30. The van der Waals surface area contributed by atoms with Gasteiger partial charge in [0.05, 0.1) is 26.2 Å². The van der Waals surface area contributed by atoms with Crippen LogP contribution in [0.3, 0.4) is 0 Å². The second-order valence-corrected chi connectivity index (χ2v) is 5.92. The number of anilines is 2. The summed E-state index contributed by atoms with van der Waals surface area (Å²) in [7, 11) is 3.28. The molecule has 0 aromatic heterocycles. The van der Waals surface area contributed by atoms with Crippen molar-refractivity contribution >= 4 is 35.4 Å². The van der Waals surface area contributed by atoms with E-state index >= 15 is 0 Å². The number of benzene rings is 2. The largest absolute Gasteiger partial charge is 0.493 e. The number of aliphatic imine (C=N–C) groups is 1. The van der Waals surface area contributed by atoms with Gasteiger partial charge in [-0.3, -0.25) is 0 Å². The summed E-state index contributed by atoms with van der Waals surface area (Å²) in [6, 6.07) is 9.65. The van der Waals surface area contributed by atoms with E-state index in [4.69, 9.17) is 21.1 Å². The average Bonchev–Trinajstić information content (AvgIpc) is 2.62. The molecule has 0 saturated heterocycles. The summed E-state index contributed by atoms with van der Waals surface area (Å²) in [6.07, 6.45) is 5.57. The molecule has 24 heavy (non-hydrogen) atoms. The Morgan fingerprint density at radius 1 is 1.17 bits per heavy atom. The Kier molecular flexibility index (Phi) is 3.58. The fourth-order valence-corrected chi connectivity index (χ4v) is 3.27. The third-order valence-corrected chi connectivity index (χ3v) is 4.48. The first-order chi connectivity index (χ1) is 11.7. The van der Waals surface area contributed by atoms with E-state index in [1.165, 1.54) is 0 Å². The van der Waals surface area contributed by atoms with Crippen LogP contribution in [0.1, 0.15) is 17.3 Å². The number of nitrogens with one attached hydrogen (secondary N) is 1. The fourth-order valence-electron chi connectivity index (χ4n) is 3.14. The van der Waals surface area contributed by atoms with E-state index < -0.39 is 0 Å². The average molecular weight is 342 g/mol. The molecule has 0 fully saturated rings. The Morgan fingerprint density at radius 2 is 1.96 bits per heavy atom. The number of rotatable bonds is 3. The summed E-state index contributed by atoms with van der Waals surface area (Å²) in [6.45, 7) is 0. The molecule has 0 aliphatic carbocycles. The Bertz CT molecular complexity index is 846. The lowest BCUT2D eigenvalue weighted by molar-refractivity contribution is 0.353. The summed E-state index contributed by atoms with van der Waals surface area (Å²) >= 11 is 6.00. The number of ether oxygens (including phenoxy) is 2. The van der Waals surface area contributed by atoms with Gasteiger partial charge in [-0.05, 0) is 30.3 Å². The highest BCUT2D eigenvalue weighted by atomic mass is 35.5. The Balaban J connectivity index is 1.88. The van der Waals surface area contributed by atoms with E-state index in [0.717, 1.165) is 22.5 Å². The number of hydrogen-bond donors (Lipinski definition) is 1. The summed E-state index contributed by atoms with van der Waals surface area (Å²) in [5, 5.41) is 3.91. The van der Waals surface area contributed by atoms with Crippen LogP contribution >= 0.6 is 11.6 Å². The van der Waals surface area contributed by atoms with Gasteiger partial charge in [0.1, 0.15) is 0 Å². The fraction of sp³-hybridized carbons (Fsp3) is 0.167. The molecule has 2 aliphatic heterocycles. The first-order valence-corrected chi connectivity index (χ1v) is 7.90. The minimum Gasteiger partial charge on any atom is -0.493 e. The third kappa shape index (κ3) is 2.20. The lowest BCUT2D eigenvalue weighted by atomic mass is 9.96. The molecule has 1 atom stereocenters. The van der Waals surface area contributed by atoms with Crippen molar-refractivity contribution in [3.63, 3.8) is 0 Å². The molecule has 0 radical (unpaired) electrons. The Morgan fingerprint density at radius 3 is 2.67 bits per heavy atom. The van der Waals surface area contributed by atoms with Gasteiger partial charge in [-0.15, -0.1) is 0 Å². The number of hydrogen-bond acceptors (Lipinski definition) is 5. The Labute approximate surface area is 145 Å². The quantitative estimate of drug-likeness (QED) is 0.904. The highest BCUT2D eigenvalue weighted by Crippen LogP contribution is 2.48. The summed E-state index contributed by atoms with van der Waals surface area (Å²) < 4.78 is 11.0. The number of halogens is 1. The van der Waals surface area contributed by atoms with Crippen molar-refractivity contribution in [1.29, 1.82) is 0 Å². The molecule has 5 nitrogen and oxygen atoms in total. The first kappa shape index (κ1) is 14.9. The summed E-state index contributed by atoms with van der Waals surface area (Å²) in [5.74, 6) is 1.41. The first-order valence-electron chi connectivity index (χ1n) is 7.52. The zero-order valence-corrected chi connectivity index (χ0v) is 14.0.